The molecule has 2 rings (SSSR count). The number of anilines is 1. The number of aliphatic hydroxyl groups is 1. The van der Waals surface area contributed by atoms with Crippen LogP contribution < -0.4 is 4.72 Å². The van der Waals surface area contributed by atoms with Crippen molar-refractivity contribution in [3.05, 3.63) is 53.2 Å². The minimum atomic E-state index is -3.84. The van der Waals surface area contributed by atoms with Crippen molar-refractivity contribution in [2.24, 2.45) is 0 Å². The Morgan fingerprint density at radius 2 is 1.95 bits per heavy atom. The fourth-order valence-electron chi connectivity index (χ4n) is 1.54. The minimum absolute atomic E-state index is 0.000722. The number of sulfonamides is 1. The lowest BCUT2D eigenvalue weighted by atomic mass is 10.2. The van der Waals surface area contributed by atoms with Gasteiger partial charge in [0.25, 0.3) is 10.0 Å². The summed E-state index contributed by atoms with van der Waals surface area (Å²) in [7, 11) is -3.84. The summed E-state index contributed by atoms with van der Waals surface area (Å²) < 4.78 is 26.7. The molecule has 0 saturated carbocycles. The highest BCUT2D eigenvalue weighted by molar-refractivity contribution is 7.92. The SMILES string of the molecule is O=S(=O)(Nc1ncccc1Cl)c1ccccc1CO. The van der Waals surface area contributed by atoms with Crippen molar-refractivity contribution in [1.29, 1.82) is 0 Å². The zero-order chi connectivity index (χ0) is 13.9. The van der Waals surface area contributed by atoms with Crippen LogP contribution in [0.1, 0.15) is 5.56 Å². The van der Waals surface area contributed by atoms with Crippen molar-refractivity contribution in [2.45, 2.75) is 11.5 Å². The van der Waals surface area contributed by atoms with Crippen molar-refractivity contribution in [1.82, 2.24) is 4.98 Å². The summed E-state index contributed by atoms with van der Waals surface area (Å²) in [5, 5.41) is 9.37. The number of rotatable bonds is 4. The lowest BCUT2D eigenvalue weighted by molar-refractivity contribution is 0.278. The van der Waals surface area contributed by atoms with E-state index in [0.29, 0.717) is 5.56 Å². The maximum Gasteiger partial charge on any atom is 0.263 e. The first-order valence-corrected chi connectivity index (χ1v) is 7.23. The molecule has 100 valence electrons. The fourth-order valence-corrected chi connectivity index (χ4v) is 3.03. The molecule has 0 bridgehead atoms. The van der Waals surface area contributed by atoms with Crippen LogP contribution in [-0.4, -0.2) is 18.5 Å². The molecule has 19 heavy (non-hydrogen) atoms. The number of nitrogens with one attached hydrogen (secondary N) is 1. The van der Waals surface area contributed by atoms with Gasteiger partial charge in [0.05, 0.1) is 16.5 Å². The molecule has 0 aliphatic heterocycles. The van der Waals surface area contributed by atoms with E-state index in [2.05, 4.69) is 9.71 Å². The summed E-state index contributed by atoms with van der Waals surface area (Å²) >= 11 is 5.85. The lowest BCUT2D eigenvalue weighted by Gasteiger charge is -2.11. The number of aliphatic hydroxyl groups excluding tert-OH is 1. The van der Waals surface area contributed by atoms with E-state index in [4.69, 9.17) is 16.7 Å². The number of nitrogens with zero attached hydrogens (tertiary/aromatic N) is 1. The second-order valence-electron chi connectivity index (χ2n) is 3.71. The van der Waals surface area contributed by atoms with Gasteiger partial charge in [-0.05, 0) is 23.8 Å². The van der Waals surface area contributed by atoms with Gasteiger partial charge in [-0.15, -0.1) is 0 Å². The number of hydrogen-bond donors (Lipinski definition) is 2. The van der Waals surface area contributed by atoms with E-state index < -0.39 is 10.0 Å². The van der Waals surface area contributed by atoms with Crippen LogP contribution in [0.4, 0.5) is 5.82 Å². The molecular formula is C12H11ClN2O3S. The van der Waals surface area contributed by atoms with Gasteiger partial charge in [-0.3, -0.25) is 4.72 Å². The first-order valence-electron chi connectivity index (χ1n) is 5.36. The molecule has 0 radical (unpaired) electrons. The van der Waals surface area contributed by atoms with Crippen LogP contribution in [-0.2, 0) is 16.6 Å². The number of hydrogen-bond acceptors (Lipinski definition) is 4. The van der Waals surface area contributed by atoms with Crippen LogP contribution in [0.5, 0.6) is 0 Å². The molecule has 0 aliphatic rings. The number of aromatic nitrogens is 1. The van der Waals surface area contributed by atoms with Gasteiger partial charge in [0.2, 0.25) is 0 Å². The van der Waals surface area contributed by atoms with E-state index in [-0.39, 0.29) is 22.3 Å². The molecule has 2 aromatic rings. The van der Waals surface area contributed by atoms with Crippen LogP contribution in [0.2, 0.25) is 5.02 Å². The summed E-state index contributed by atoms with van der Waals surface area (Å²) in [4.78, 5) is 3.86. The van der Waals surface area contributed by atoms with E-state index in [1.54, 1.807) is 18.2 Å². The molecule has 0 aliphatic carbocycles. The van der Waals surface area contributed by atoms with Gasteiger partial charge in [0, 0.05) is 6.20 Å². The second-order valence-corrected chi connectivity index (χ2v) is 5.76. The monoisotopic (exact) mass is 298 g/mol. The summed E-state index contributed by atoms with van der Waals surface area (Å²) in [5.74, 6) is 0.0527. The molecular weight excluding hydrogens is 288 g/mol. The smallest absolute Gasteiger partial charge is 0.263 e. The molecule has 0 amide bonds. The van der Waals surface area contributed by atoms with Crippen molar-refractivity contribution in [3.63, 3.8) is 0 Å². The molecule has 5 nitrogen and oxygen atoms in total. The Hall–Kier alpha value is -1.63. The zero-order valence-electron chi connectivity index (χ0n) is 9.75. The van der Waals surface area contributed by atoms with Crippen LogP contribution in [0.15, 0.2) is 47.5 Å². The third-order valence-electron chi connectivity index (χ3n) is 2.42. The van der Waals surface area contributed by atoms with Gasteiger partial charge in [-0.1, -0.05) is 29.8 Å². The van der Waals surface area contributed by atoms with Gasteiger partial charge in [0.15, 0.2) is 5.82 Å². The van der Waals surface area contributed by atoms with Gasteiger partial charge in [0.1, 0.15) is 0 Å². The first-order chi connectivity index (χ1) is 9.04. The molecule has 0 spiro atoms. The van der Waals surface area contributed by atoms with E-state index in [0.717, 1.165) is 0 Å². The highest BCUT2D eigenvalue weighted by Gasteiger charge is 2.19. The molecule has 1 aromatic heterocycles. The van der Waals surface area contributed by atoms with Gasteiger partial charge in [-0.2, -0.15) is 0 Å². The maximum atomic E-state index is 12.2. The summed E-state index contributed by atoms with van der Waals surface area (Å²) in [6.07, 6.45) is 1.43. The van der Waals surface area contributed by atoms with Crippen LogP contribution >= 0.6 is 11.6 Å². The molecule has 2 N–H and O–H groups in total. The quantitative estimate of drug-likeness (QED) is 0.905. The molecule has 0 saturated heterocycles. The van der Waals surface area contributed by atoms with Crippen molar-refractivity contribution in [2.75, 3.05) is 4.72 Å². The number of benzene rings is 1. The van der Waals surface area contributed by atoms with Gasteiger partial charge < -0.3 is 5.11 Å². The highest BCUT2D eigenvalue weighted by Crippen LogP contribution is 2.23. The third-order valence-corrected chi connectivity index (χ3v) is 4.17. The topological polar surface area (TPSA) is 79.3 Å². The maximum absolute atomic E-state index is 12.2. The van der Waals surface area contributed by atoms with E-state index in [1.165, 1.54) is 24.4 Å². The van der Waals surface area contributed by atoms with Gasteiger partial charge in [-0.25, -0.2) is 13.4 Å². The Labute approximate surface area is 115 Å². The molecule has 0 fully saturated rings. The summed E-state index contributed by atoms with van der Waals surface area (Å²) in [6.45, 7) is -0.368. The fraction of sp³-hybridized carbons (Fsp3) is 0.0833. The van der Waals surface area contributed by atoms with Crippen molar-refractivity contribution < 1.29 is 13.5 Å². The lowest BCUT2D eigenvalue weighted by Crippen LogP contribution is -2.16. The standard InChI is InChI=1S/C12H11ClN2O3S/c13-10-5-3-7-14-12(10)15-19(17,18)11-6-2-1-4-9(11)8-16/h1-7,16H,8H2,(H,14,15). The average Bonchev–Trinajstić information content (AvgIpc) is 2.41. The third kappa shape index (κ3) is 3.04. The highest BCUT2D eigenvalue weighted by atomic mass is 35.5. The second kappa shape index (κ2) is 5.56. The van der Waals surface area contributed by atoms with Crippen LogP contribution in [0, 0.1) is 0 Å². The van der Waals surface area contributed by atoms with Crippen LogP contribution in [0.3, 0.4) is 0 Å². The number of pyridine rings is 1. The van der Waals surface area contributed by atoms with Gasteiger partial charge >= 0.3 is 0 Å². The van der Waals surface area contributed by atoms with E-state index in [1.807, 2.05) is 0 Å². The molecule has 1 heterocycles. The molecule has 1 aromatic carbocycles. The number of halogens is 1. The summed E-state index contributed by atoms with van der Waals surface area (Å²) in [6, 6.07) is 9.30. The Kier molecular flexibility index (Phi) is 4.04. The molecule has 7 heteroatoms. The Bertz CT molecular complexity index is 689. The molecule has 0 atom stereocenters. The minimum Gasteiger partial charge on any atom is -0.392 e. The Morgan fingerprint density at radius 3 is 2.63 bits per heavy atom. The predicted molar refractivity (Wildman–Crippen MR) is 72.4 cm³/mol. The van der Waals surface area contributed by atoms with Crippen LogP contribution in [0.25, 0.3) is 0 Å². The van der Waals surface area contributed by atoms with Crippen molar-refractivity contribution in [3.8, 4) is 0 Å². The van der Waals surface area contributed by atoms with Crippen molar-refractivity contribution >= 4 is 27.4 Å². The van der Waals surface area contributed by atoms with E-state index in [9.17, 15) is 8.42 Å². The largest absolute Gasteiger partial charge is 0.392 e. The predicted octanol–water partition coefficient (Wildman–Crippen LogP) is 2.03. The Morgan fingerprint density at radius 1 is 1.21 bits per heavy atom. The first kappa shape index (κ1) is 13.8. The average molecular weight is 299 g/mol. The normalized spacial score (nSPS) is 11.3. The summed E-state index contributed by atoms with van der Waals surface area (Å²) in [5.41, 5.74) is 0.307. The zero-order valence-corrected chi connectivity index (χ0v) is 11.3. The molecule has 0 unspecified atom stereocenters. The Balaban J connectivity index is 2.41. The van der Waals surface area contributed by atoms with E-state index >= 15 is 0 Å².